The largest absolute Gasteiger partial charge is 0.352 e. The SMILES string of the molecule is C1=NC2=CN(Cc3ccccc3)C(Cc3ccccc3)(Cc3ccccc3)N(Cc3ccccc3)C2(Cc2ccccc2)N1Cc1ccccc1. The molecular formula is C47H44N4. The van der Waals surface area contributed by atoms with Crippen LogP contribution in [0.2, 0.25) is 0 Å². The van der Waals surface area contributed by atoms with Gasteiger partial charge in [0.25, 0.3) is 0 Å². The van der Waals surface area contributed by atoms with Crippen molar-refractivity contribution in [1.29, 1.82) is 0 Å². The van der Waals surface area contributed by atoms with Crippen molar-refractivity contribution in [1.82, 2.24) is 14.7 Å². The summed E-state index contributed by atoms with van der Waals surface area (Å²) in [5.74, 6) is 0. The average Bonchev–Trinajstić information content (AvgIpc) is 3.52. The van der Waals surface area contributed by atoms with E-state index in [2.05, 4.69) is 209 Å². The molecule has 1 atom stereocenters. The molecule has 0 N–H and O–H groups in total. The molecule has 0 amide bonds. The van der Waals surface area contributed by atoms with E-state index in [0.29, 0.717) is 0 Å². The number of hydrogen-bond acceptors (Lipinski definition) is 4. The summed E-state index contributed by atoms with van der Waals surface area (Å²) in [6.45, 7) is 2.24. The lowest BCUT2D eigenvalue weighted by molar-refractivity contribution is -0.150. The van der Waals surface area contributed by atoms with Crippen molar-refractivity contribution < 1.29 is 0 Å². The molecular weight excluding hydrogens is 621 g/mol. The molecule has 0 spiro atoms. The molecule has 0 bridgehead atoms. The number of fused-ring (bicyclic) bond motifs is 1. The van der Waals surface area contributed by atoms with Crippen LogP contribution in [-0.4, -0.2) is 32.4 Å². The van der Waals surface area contributed by atoms with Crippen molar-refractivity contribution in [2.75, 3.05) is 0 Å². The molecule has 0 saturated carbocycles. The predicted molar refractivity (Wildman–Crippen MR) is 208 cm³/mol. The van der Waals surface area contributed by atoms with E-state index < -0.39 is 11.3 Å². The highest BCUT2D eigenvalue weighted by molar-refractivity contribution is 5.66. The maximum Gasteiger partial charge on any atom is 0.146 e. The lowest BCUT2D eigenvalue weighted by Gasteiger charge is -2.62. The fourth-order valence-electron chi connectivity index (χ4n) is 8.11. The summed E-state index contributed by atoms with van der Waals surface area (Å²) >= 11 is 0. The van der Waals surface area contributed by atoms with Gasteiger partial charge in [-0.1, -0.05) is 182 Å². The first kappa shape index (κ1) is 32.5. The van der Waals surface area contributed by atoms with E-state index in [1.807, 2.05) is 0 Å². The monoisotopic (exact) mass is 664 g/mol. The van der Waals surface area contributed by atoms with Gasteiger partial charge in [0.1, 0.15) is 11.3 Å². The Kier molecular flexibility index (Phi) is 9.33. The molecule has 6 aromatic rings. The fraction of sp³-hybridized carbons (Fsp3) is 0.170. The van der Waals surface area contributed by atoms with Gasteiger partial charge in [-0.15, -0.1) is 0 Å². The van der Waals surface area contributed by atoms with Gasteiger partial charge in [-0.3, -0.25) is 0 Å². The summed E-state index contributed by atoms with van der Waals surface area (Å²) in [6, 6.07) is 65.9. The molecule has 4 nitrogen and oxygen atoms in total. The highest BCUT2D eigenvalue weighted by Gasteiger charge is 2.60. The van der Waals surface area contributed by atoms with Crippen LogP contribution >= 0.6 is 0 Å². The van der Waals surface area contributed by atoms with Gasteiger partial charge in [0, 0.05) is 45.1 Å². The third-order valence-electron chi connectivity index (χ3n) is 10.5. The number of nitrogens with zero attached hydrogens (tertiary/aromatic N) is 4. The van der Waals surface area contributed by atoms with E-state index in [0.717, 1.165) is 44.6 Å². The third-order valence-corrected chi connectivity index (χ3v) is 10.5. The molecule has 8 rings (SSSR count). The van der Waals surface area contributed by atoms with Crippen molar-refractivity contribution in [2.24, 2.45) is 4.99 Å². The van der Waals surface area contributed by atoms with E-state index in [9.17, 15) is 0 Å². The molecule has 4 heteroatoms. The van der Waals surface area contributed by atoms with Crippen LogP contribution in [0.15, 0.2) is 199 Å². The summed E-state index contributed by atoms with van der Waals surface area (Å²) in [5, 5.41) is 0. The summed E-state index contributed by atoms with van der Waals surface area (Å²) < 4.78 is 0. The summed E-state index contributed by atoms with van der Waals surface area (Å²) in [5.41, 5.74) is 7.73. The van der Waals surface area contributed by atoms with Crippen LogP contribution in [0.3, 0.4) is 0 Å². The predicted octanol–water partition coefficient (Wildman–Crippen LogP) is 9.51. The maximum atomic E-state index is 5.35. The standard InChI is InChI=1S/C47H44N4/c1-7-19-39(20-8-1)31-46(32-40-21-9-2-10-22-40)49(34-42-25-13-4-14-26-42)37-45-47(33-41-23-11-3-12-24-41,51(46)36-44-29-17-6-18-30-44)50(38-48-45)35-43-27-15-5-16-28-43/h1-30,37-38H,31-36H2. The topological polar surface area (TPSA) is 22.1 Å². The molecule has 51 heavy (non-hydrogen) atoms. The van der Waals surface area contributed by atoms with Crippen LogP contribution in [0.4, 0.5) is 0 Å². The Balaban J connectivity index is 1.41. The molecule has 252 valence electrons. The maximum absolute atomic E-state index is 5.35. The molecule has 6 aromatic carbocycles. The summed E-state index contributed by atoms with van der Waals surface area (Å²) in [6.07, 6.45) is 6.94. The van der Waals surface area contributed by atoms with Gasteiger partial charge in [-0.05, 0) is 33.4 Å². The zero-order chi connectivity index (χ0) is 34.4. The molecule has 2 heterocycles. The Morgan fingerprint density at radius 1 is 0.373 bits per heavy atom. The number of hydrogen-bond donors (Lipinski definition) is 0. The van der Waals surface area contributed by atoms with Gasteiger partial charge in [0.05, 0.1) is 12.0 Å². The molecule has 0 saturated heterocycles. The minimum Gasteiger partial charge on any atom is -0.352 e. The second-order valence-corrected chi connectivity index (χ2v) is 13.8. The number of rotatable bonds is 12. The molecule has 2 aliphatic heterocycles. The molecule has 2 aliphatic rings. The second-order valence-electron chi connectivity index (χ2n) is 13.8. The Morgan fingerprint density at radius 2 is 0.725 bits per heavy atom. The second kappa shape index (κ2) is 14.6. The van der Waals surface area contributed by atoms with Crippen LogP contribution in [0.1, 0.15) is 33.4 Å². The van der Waals surface area contributed by atoms with Gasteiger partial charge in [-0.2, -0.15) is 0 Å². The van der Waals surface area contributed by atoms with Crippen LogP contribution in [-0.2, 0) is 38.9 Å². The van der Waals surface area contributed by atoms with E-state index in [1.54, 1.807) is 0 Å². The van der Waals surface area contributed by atoms with E-state index in [4.69, 9.17) is 4.99 Å². The van der Waals surface area contributed by atoms with Crippen LogP contribution in [0.25, 0.3) is 0 Å². The van der Waals surface area contributed by atoms with Crippen molar-refractivity contribution in [2.45, 2.75) is 50.2 Å². The lowest BCUT2D eigenvalue weighted by atomic mass is 9.80. The first-order chi connectivity index (χ1) is 25.2. The third kappa shape index (κ3) is 6.75. The van der Waals surface area contributed by atoms with Crippen LogP contribution in [0, 0.1) is 0 Å². The van der Waals surface area contributed by atoms with Gasteiger partial charge in [-0.25, -0.2) is 9.89 Å². The Morgan fingerprint density at radius 3 is 1.16 bits per heavy atom. The minimum atomic E-state index is -0.580. The first-order valence-corrected chi connectivity index (χ1v) is 18.0. The summed E-state index contributed by atoms with van der Waals surface area (Å²) in [7, 11) is 0. The van der Waals surface area contributed by atoms with Crippen LogP contribution in [0.5, 0.6) is 0 Å². The van der Waals surface area contributed by atoms with E-state index >= 15 is 0 Å². The van der Waals surface area contributed by atoms with E-state index in [1.165, 1.54) is 33.4 Å². The zero-order valence-corrected chi connectivity index (χ0v) is 29.0. The first-order valence-electron chi connectivity index (χ1n) is 18.0. The van der Waals surface area contributed by atoms with Gasteiger partial charge in [0.2, 0.25) is 0 Å². The average molecular weight is 665 g/mol. The van der Waals surface area contributed by atoms with Crippen molar-refractivity contribution in [3.8, 4) is 0 Å². The van der Waals surface area contributed by atoms with Gasteiger partial charge >= 0.3 is 0 Å². The number of aliphatic imine (C=N–C) groups is 1. The van der Waals surface area contributed by atoms with Crippen molar-refractivity contribution >= 4 is 6.34 Å². The minimum absolute atomic E-state index is 0.491. The summed E-state index contributed by atoms with van der Waals surface area (Å²) in [4.78, 5) is 13.3. The smallest absolute Gasteiger partial charge is 0.146 e. The quantitative estimate of drug-likeness (QED) is 0.130. The van der Waals surface area contributed by atoms with Crippen LogP contribution < -0.4 is 0 Å². The van der Waals surface area contributed by atoms with Crippen molar-refractivity contribution in [3.05, 3.63) is 227 Å². The van der Waals surface area contributed by atoms with Crippen molar-refractivity contribution in [3.63, 3.8) is 0 Å². The normalized spacial score (nSPS) is 18.0. The fourth-order valence-corrected chi connectivity index (χ4v) is 8.11. The molecule has 0 radical (unpaired) electrons. The molecule has 0 aromatic heterocycles. The van der Waals surface area contributed by atoms with Gasteiger partial charge < -0.3 is 9.80 Å². The zero-order valence-electron chi connectivity index (χ0n) is 29.0. The highest BCUT2D eigenvalue weighted by atomic mass is 15.6. The van der Waals surface area contributed by atoms with E-state index in [-0.39, 0.29) is 0 Å². The highest BCUT2D eigenvalue weighted by Crippen LogP contribution is 2.50. The lowest BCUT2D eigenvalue weighted by Crippen LogP contribution is -2.75. The number of benzene rings is 6. The Bertz CT molecular complexity index is 2010. The molecule has 1 unspecified atom stereocenters. The van der Waals surface area contributed by atoms with Gasteiger partial charge in [0.15, 0.2) is 0 Å². The Hall–Kier alpha value is -5.71. The molecule has 0 fully saturated rings. The molecule has 0 aliphatic carbocycles. The Labute approximate surface area is 302 Å².